The van der Waals surface area contributed by atoms with E-state index in [9.17, 15) is 0 Å². The van der Waals surface area contributed by atoms with Crippen LogP contribution in [0.2, 0.25) is 0 Å². The number of nitrogens with zero attached hydrogens (tertiary/aromatic N) is 1. The third kappa shape index (κ3) is 3.70. The van der Waals surface area contributed by atoms with E-state index in [0.29, 0.717) is 0 Å². The van der Waals surface area contributed by atoms with Crippen molar-refractivity contribution in [2.24, 2.45) is 0 Å². The highest BCUT2D eigenvalue weighted by atomic mass is 79.9. The predicted molar refractivity (Wildman–Crippen MR) is 84.5 cm³/mol. The fourth-order valence-electron chi connectivity index (χ4n) is 1.90. The normalized spacial score (nSPS) is 10.5. The van der Waals surface area contributed by atoms with Crippen LogP contribution in [0.25, 0.3) is 0 Å². The van der Waals surface area contributed by atoms with Gasteiger partial charge in [-0.2, -0.15) is 0 Å². The van der Waals surface area contributed by atoms with E-state index < -0.39 is 0 Å². The highest BCUT2D eigenvalue weighted by Crippen LogP contribution is 2.17. The molecular formula is C15H18BrN3. The fourth-order valence-corrected chi connectivity index (χ4v) is 2.31. The van der Waals surface area contributed by atoms with E-state index >= 15 is 0 Å². The summed E-state index contributed by atoms with van der Waals surface area (Å²) in [5, 5.41) is 3.33. The second-order valence-electron chi connectivity index (χ2n) is 4.62. The van der Waals surface area contributed by atoms with Crippen LogP contribution in [-0.4, -0.2) is 11.5 Å². The lowest BCUT2D eigenvalue weighted by molar-refractivity contribution is 0.988. The highest BCUT2D eigenvalue weighted by Gasteiger charge is 2.01. The number of nitrogens with one attached hydrogen (secondary N) is 1. The Morgan fingerprint density at radius 1 is 1.21 bits per heavy atom. The van der Waals surface area contributed by atoms with Crippen molar-refractivity contribution in [2.45, 2.75) is 20.3 Å². The third-order valence-electron chi connectivity index (χ3n) is 3.14. The van der Waals surface area contributed by atoms with E-state index in [1.807, 2.05) is 19.1 Å². The van der Waals surface area contributed by atoms with Crippen molar-refractivity contribution in [1.29, 1.82) is 0 Å². The lowest BCUT2D eigenvalue weighted by atomic mass is 10.1. The molecule has 0 aliphatic rings. The largest absolute Gasteiger partial charge is 0.397 e. The first-order chi connectivity index (χ1) is 9.06. The predicted octanol–water partition coefficient (Wildman–Crippen LogP) is 3.70. The summed E-state index contributed by atoms with van der Waals surface area (Å²) in [5.41, 5.74) is 10.00. The Morgan fingerprint density at radius 3 is 2.74 bits per heavy atom. The first-order valence-corrected chi connectivity index (χ1v) is 7.07. The van der Waals surface area contributed by atoms with Crippen molar-refractivity contribution >= 4 is 27.4 Å². The smallest absolute Gasteiger partial charge is 0.126 e. The average Bonchev–Trinajstić information content (AvgIpc) is 2.38. The monoisotopic (exact) mass is 319 g/mol. The SMILES string of the molecule is Cc1ccc(Br)cc1CCNc1ccc(N)c(C)n1. The molecule has 0 aliphatic heterocycles. The summed E-state index contributed by atoms with van der Waals surface area (Å²) in [7, 11) is 0. The summed E-state index contributed by atoms with van der Waals surface area (Å²) < 4.78 is 1.12. The third-order valence-corrected chi connectivity index (χ3v) is 3.63. The van der Waals surface area contributed by atoms with Gasteiger partial charge < -0.3 is 11.1 Å². The Labute approximate surface area is 122 Å². The highest BCUT2D eigenvalue weighted by molar-refractivity contribution is 9.10. The second kappa shape index (κ2) is 6.06. The molecule has 19 heavy (non-hydrogen) atoms. The number of halogens is 1. The van der Waals surface area contributed by atoms with E-state index in [1.165, 1.54) is 11.1 Å². The second-order valence-corrected chi connectivity index (χ2v) is 5.53. The van der Waals surface area contributed by atoms with Gasteiger partial charge in [0.05, 0.1) is 11.4 Å². The maximum Gasteiger partial charge on any atom is 0.126 e. The lowest BCUT2D eigenvalue weighted by Crippen LogP contribution is -2.08. The summed E-state index contributed by atoms with van der Waals surface area (Å²) in [4.78, 5) is 4.40. The van der Waals surface area contributed by atoms with E-state index in [4.69, 9.17) is 5.73 Å². The van der Waals surface area contributed by atoms with Gasteiger partial charge in [0, 0.05) is 11.0 Å². The number of nitrogen functional groups attached to an aromatic ring is 1. The molecule has 4 heteroatoms. The van der Waals surface area contributed by atoms with Gasteiger partial charge in [-0.15, -0.1) is 0 Å². The van der Waals surface area contributed by atoms with Crippen LogP contribution >= 0.6 is 15.9 Å². The van der Waals surface area contributed by atoms with Crippen molar-refractivity contribution in [3.05, 3.63) is 51.6 Å². The summed E-state index contributed by atoms with van der Waals surface area (Å²) in [5.74, 6) is 0.874. The van der Waals surface area contributed by atoms with E-state index in [-0.39, 0.29) is 0 Å². The van der Waals surface area contributed by atoms with Crippen LogP contribution < -0.4 is 11.1 Å². The summed E-state index contributed by atoms with van der Waals surface area (Å²) >= 11 is 3.50. The van der Waals surface area contributed by atoms with Gasteiger partial charge in [0.1, 0.15) is 5.82 Å². The maximum absolute atomic E-state index is 5.75. The molecule has 1 aromatic carbocycles. The number of hydrogen-bond donors (Lipinski definition) is 2. The molecule has 0 atom stereocenters. The minimum atomic E-state index is 0.730. The van der Waals surface area contributed by atoms with Crippen LogP contribution in [0.3, 0.4) is 0 Å². The summed E-state index contributed by atoms with van der Waals surface area (Å²) in [6, 6.07) is 10.2. The quantitative estimate of drug-likeness (QED) is 0.903. The minimum Gasteiger partial charge on any atom is -0.397 e. The average molecular weight is 320 g/mol. The van der Waals surface area contributed by atoms with Gasteiger partial charge in [0.2, 0.25) is 0 Å². The lowest BCUT2D eigenvalue weighted by Gasteiger charge is -2.09. The molecule has 2 rings (SSSR count). The molecule has 0 saturated carbocycles. The maximum atomic E-state index is 5.75. The molecule has 0 radical (unpaired) electrons. The van der Waals surface area contributed by atoms with Crippen LogP contribution in [0.4, 0.5) is 11.5 Å². The van der Waals surface area contributed by atoms with Gasteiger partial charge in [-0.1, -0.05) is 22.0 Å². The van der Waals surface area contributed by atoms with Crippen LogP contribution in [-0.2, 0) is 6.42 Å². The zero-order valence-electron chi connectivity index (χ0n) is 11.2. The Morgan fingerprint density at radius 2 is 2.00 bits per heavy atom. The molecule has 0 aliphatic carbocycles. The first kappa shape index (κ1) is 13.9. The number of aryl methyl sites for hydroxylation is 2. The van der Waals surface area contributed by atoms with Crippen molar-refractivity contribution < 1.29 is 0 Å². The molecule has 3 N–H and O–H groups in total. The van der Waals surface area contributed by atoms with Gasteiger partial charge in [-0.25, -0.2) is 4.98 Å². The van der Waals surface area contributed by atoms with Crippen LogP contribution in [0, 0.1) is 13.8 Å². The molecule has 0 saturated heterocycles. The fraction of sp³-hybridized carbons (Fsp3) is 0.267. The Hall–Kier alpha value is -1.55. The number of nitrogens with two attached hydrogens (primary N) is 1. The minimum absolute atomic E-state index is 0.730. The number of anilines is 2. The molecule has 1 aromatic heterocycles. The molecule has 0 spiro atoms. The van der Waals surface area contributed by atoms with E-state index in [1.54, 1.807) is 0 Å². The number of rotatable bonds is 4. The van der Waals surface area contributed by atoms with Crippen LogP contribution in [0.5, 0.6) is 0 Å². The van der Waals surface area contributed by atoms with Gasteiger partial charge in [0.15, 0.2) is 0 Å². The van der Waals surface area contributed by atoms with Crippen molar-refractivity contribution in [1.82, 2.24) is 4.98 Å². The Kier molecular flexibility index (Phi) is 4.43. The van der Waals surface area contributed by atoms with E-state index in [2.05, 4.69) is 51.4 Å². The van der Waals surface area contributed by atoms with E-state index in [0.717, 1.165) is 34.6 Å². The zero-order valence-corrected chi connectivity index (χ0v) is 12.8. The molecule has 0 fully saturated rings. The first-order valence-electron chi connectivity index (χ1n) is 6.28. The Balaban J connectivity index is 1.96. The van der Waals surface area contributed by atoms with Crippen LogP contribution in [0.1, 0.15) is 16.8 Å². The van der Waals surface area contributed by atoms with Crippen molar-refractivity contribution in [3.63, 3.8) is 0 Å². The summed E-state index contributed by atoms with van der Waals surface area (Å²) in [6.45, 7) is 4.90. The molecule has 3 nitrogen and oxygen atoms in total. The molecule has 0 amide bonds. The molecular weight excluding hydrogens is 302 g/mol. The molecule has 1 heterocycles. The number of benzene rings is 1. The van der Waals surface area contributed by atoms with Gasteiger partial charge in [-0.3, -0.25) is 0 Å². The summed E-state index contributed by atoms with van der Waals surface area (Å²) in [6.07, 6.45) is 0.969. The molecule has 100 valence electrons. The number of aromatic nitrogens is 1. The molecule has 0 unspecified atom stereocenters. The zero-order chi connectivity index (χ0) is 13.8. The van der Waals surface area contributed by atoms with Gasteiger partial charge in [0.25, 0.3) is 0 Å². The topological polar surface area (TPSA) is 50.9 Å². The number of pyridine rings is 1. The number of hydrogen-bond acceptors (Lipinski definition) is 3. The Bertz CT molecular complexity index is 582. The standard InChI is InChI=1S/C15H18BrN3/c1-10-3-4-13(16)9-12(10)7-8-18-15-6-5-14(17)11(2)19-15/h3-6,9H,7-8,17H2,1-2H3,(H,18,19). The molecule has 2 aromatic rings. The molecule has 0 bridgehead atoms. The van der Waals surface area contributed by atoms with Gasteiger partial charge in [-0.05, 0) is 55.7 Å². The van der Waals surface area contributed by atoms with Crippen molar-refractivity contribution in [3.8, 4) is 0 Å². The van der Waals surface area contributed by atoms with Crippen molar-refractivity contribution in [2.75, 3.05) is 17.6 Å². The van der Waals surface area contributed by atoms with Gasteiger partial charge >= 0.3 is 0 Å². The van der Waals surface area contributed by atoms with Crippen LogP contribution in [0.15, 0.2) is 34.8 Å².